The summed E-state index contributed by atoms with van der Waals surface area (Å²) in [4.78, 5) is 4.64. The lowest BCUT2D eigenvalue weighted by Crippen LogP contribution is -2.24. The first-order chi connectivity index (χ1) is 11.3. The maximum atomic E-state index is 4.64. The van der Waals surface area contributed by atoms with Crippen LogP contribution in [0.1, 0.15) is 46.0 Å². The van der Waals surface area contributed by atoms with Crippen LogP contribution in [-0.2, 0) is 0 Å². The molecular formula is C21H43NSi2. The van der Waals surface area contributed by atoms with E-state index in [2.05, 4.69) is 75.5 Å². The van der Waals surface area contributed by atoms with Crippen molar-refractivity contribution in [3.8, 4) is 0 Å². The zero-order chi connectivity index (χ0) is 18.3. The molecule has 0 unspecified atom stereocenters. The Morgan fingerprint density at radius 3 is 1.83 bits per heavy atom. The fourth-order valence-electron chi connectivity index (χ4n) is 2.80. The Bertz CT molecular complexity index is 381. The van der Waals surface area contributed by atoms with Crippen molar-refractivity contribution in [2.75, 3.05) is 6.54 Å². The van der Waals surface area contributed by atoms with E-state index in [-0.39, 0.29) is 0 Å². The largest absolute Gasteiger partial charge is 0.298 e. The van der Waals surface area contributed by atoms with Crippen molar-refractivity contribution in [2.24, 2.45) is 4.99 Å². The summed E-state index contributed by atoms with van der Waals surface area (Å²) in [6.45, 7) is 15.3. The van der Waals surface area contributed by atoms with E-state index in [0.717, 1.165) is 6.54 Å². The van der Waals surface area contributed by atoms with Gasteiger partial charge in [0.15, 0.2) is 0 Å². The molecule has 0 aliphatic heterocycles. The molecule has 0 saturated carbocycles. The smallest absolute Gasteiger partial charge is 0.0565 e. The van der Waals surface area contributed by atoms with Gasteiger partial charge in [0, 0.05) is 6.54 Å². The average molecular weight is 366 g/mol. The Balaban J connectivity index is 3.59. The molecule has 0 rings (SSSR count). The van der Waals surface area contributed by atoms with Gasteiger partial charge in [-0.15, -0.1) is 0 Å². The molecule has 1 nitrogen and oxygen atoms in total. The average Bonchev–Trinajstić information content (AvgIpc) is 2.53. The zero-order valence-electron chi connectivity index (χ0n) is 17.4. The molecule has 0 heterocycles. The fourth-order valence-corrected chi connectivity index (χ4v) is 6.75. The van der Waals surface area contributed by atoms with Crippen LogP contribution in [0.2, 0.25) is 50.4 Å². The van der Waals surface area contributed by atoms with Gasteiger partial charge in [0.2, 0.25) is 0 Å². The van der Waals surface area contributed by atoms with Gasteiger partial charge in [-0.3, -0.25) is 4.99 Å². The van der Waals surface area contributed by atoms with Crippen molar-refractivity contribution in [2.45, 2.75) is 96.3 Å². The molecule has 0 aromatic heterocycles. The van der Waals surface area contributed by atoms with Crippen molar-refractivity contribution in [3.05, 3.63) is 24.3 Å². The minimum atomic E-state index is -1.08. The first-order valence-electron chi connectivity index (χ1n) is 10.0. The molecule has 140 valence electrons. The molecular weight excluding hydrogens is 322 g/mol. The molecule has 0 fully saturated rings. The van der Waals surface area contributed by atoms with E-state index in [9.17, 15) is 0 Å². The number of allylic oxidation sites excluding steroid dienone is 4. The van der Waals surface area contributed by atoms with Crippen LogP contribution in [0.5, 0.6) is 0 Å². The van der Waals surface area contributed by atoms with Gasteiger partial charge < -0.3 is 0 Å². The Morgan fingerprint density at radius 2 is 1.21 bits per heavy atom. The molecule has 0 atom stereocenters. The first kappa shape index (κ1) is 23.6. The molecule has 0 bridgehead atoms. The fraction of sp³-hybridized carbons (Fsp3) is 0.762. The number of hydrogen-bond acceptors (Lipinski definition) is 1. The van der Waals surface area contributed by atoms with Crippen molar-refractivity contribution in [3.63, 3.8) is 0 Å². The minimum Gasteiger partial charge on any atom is -0.298 e. The normalized spacial score (nSPS) is 13.8. The summed E-state index contributed by atoms with van der Waals surface area (Å²) < 4.78 is 0. The van der Waals surface area contributed by atoms with E-state index in [0.29, 0.717) is 0 Å². The number of unbranched alkanes of at least 4 members (excludes halogenated alkanes) is 4. The number of nitrogens with zero attached hydrogens (tertiary/aromatic N) is 1. The molecule has 24 heavy (non-hydrogen) atoms. The van der Waals surface area contributed by atoms with Crippen LogP contribution in [-0.4, -0.2) is 28.9 Å². The highest BCUT2D eigenvalue weighted by atomic mass is 28.3. The highest BCUT2D eigenvalue weighted by molar-refractivity contribution is 6.79. The van der Waals surface area contributed by atoms with Crippen molar-refractivity contribution in [1.82, 2.24) is 0 Å². The first-order valence-corrected chi connectivity index (χ1v) is 16.9. The Kier molecular flexibility index (Phi) is 13.6. The van der Waals surface area contributed by atoms with Crippen LogP contribution in [0.15, 0.2) is 29.3 Å². The van der Waals surface area contributed by atoms with E-state index >= 15 is 0 Å². The predicted molar refractivity (Wildman–Crippen MR) is 120 cm³/mol. The van der Waals surface area contributed by atoms with E-state index in [1.54, 1.807) is 0 Å². The van der Waals surface area contributed by atoms with Gasteiger partial charge in [0.05, 0.1) is 16.1 Å². The second-order valence-corrected chi connectivity index (χ2v) is 19.1. The van der Waals surface area contributed by atoms with Crippen molar-refractivity contribution >= 4 is 22.4 Å². The third-order valence-electron chi connectivity index (χ3n) is 4.73. The Morgan fingerprint density at radius 1 is 0.667 bits per heavy atom. The van der Waals surface area contributed by atoms with Crippen LogP contribution in [0, 0.1) is 0 Å². The molecule has 0 N–H and O–H groups in total. The summed E-state index contributed by atoms with van der Waals surface area (Å²) in [6, 6.07) is 5.35. The van der Waals surface area contributed by atoms with Gasteiger partial charge in [-0.2, -0.15) is 0 Å². The summed E-state index contributed by atoms with van der Waals surface area (Å²) in [6.07, 6.45) is 18.2. The molecule has 0 aromatic rings. The monoisotopic (exact) mass is 365 g/mol. The van der Waals surface area contributed by atoms with Gasteiger partial charge in [0.25, 0.3) is 0 Å². The molecule has 0 aliphatic carbocycles. The van der Waals surface area contributed by atoms with Gasteiger partial charge in [-0.1, -0.05) is 82.2 Å². The zero-order valence-corrected chi connectivity index (χ0v) is 19.4. The second-order valence-electron chi connectivity index (χ2n) is 8.69. The van der Waals surface area contributed by atoms with Crippen LogP contribution >= 0.6 is 0 Å². The molecule has 0 amide bonds. The highest BCUT2D eigenvalue weighted by Gasteiger charge is 2.18. The minimum absolute atomic E-state index is 0.949. The lowest BCUT2D eigenvalue weighted by Gasteiger charge is -2.20. The van der Waals surface area contributed by atoms with Gasteiger partial charge in [0.1, 0.15) is 0 Å². The van der Waals surface area contributed by atoms with Gasteiger partial charge >= 0.3 is 0 Å². The molecule has 0 saturated heterocycles. The number of aliphatic imine (C=N–C) groups is 1. The van der Waals surface area contributed by atoms with Gasteiger partial charge in [-0.25, -0.2) is 0 Å². The Hall–Kier alpha value is -0.416. The van der Waals surface area contributed by atoms with Crippen LogP contribution < -0.4 is 0 Å². The molecule has 0 spiro atoms. The molecule has 0 aliphatic rings. The lowest BCUT2D eigenvalue weighted by molar-refractivity contribution is 0.636. The molecule has 3 heteroatoms. The van der Waals surface area contributed by atoms with Crippen LogP contribution in [0.4, 0.5) is 0 Å². The quantitative estimate of drug-likeness (QED) is 0.130. The summed E-state index contributed by atoms with van der Waals surface area (Å²) in [5, 5.41) is 0. The molecule has 0 aromatic carbocycles. The standard InChI is InChI=1S/C21H43NSi2/c1-7-9-18-23(3,4)20-15-13-11-12-14-16-22-17-21-24(5,6)19-10-8-2/h7-10,17H,11-16,18-21H2,1-6H3/b9-7+,10-8+,22-17?. The van der Waals surface area contributed by atoms with Gasteiger partial charge in [-0.05, 0) is 44.6 Å². The number of rotatable bonds is 14. The summed E-state index contributed by atoms with van der Waals surface area (Å²) in [5.74, 6) is 0. The maximum absolute atomic E-state index is 4.64. The highest BCUT2D eigenvalue weighted by Crippen LogP contribution is 2.20. The number of hydrogen-bond donors (Lipinski definition) is 0. The Labute approximate surface area is 154 Å². The summed E-state index contributed by atoms with van der Waals surface area (Å²) >= 11 is 0. The topological polar surface area (TPSA) is 12.4 Å². The van der Waals surface area contributed by atoms with Crippen molar-refractivity contribution < 1.29 is 0 Å². The lowest BCUT2D eigenvalue weighted by atomic mass is 10.1. The molecule has 0 radical (unpaired) electrons. The SMILES string of the molecule is C/C=C/C[Si](C)(C)CC=NCCCCCCC[Si](C)(C)C/C=C/C. The van der Waals surface area contributed by atoms with E-state index in [1.807, 2.05) is 0 Å². The third kappa shape index (κ3) is 15.1. The van der Waals surface area contributed by atoms with Crippen LogP contribution in [0.3, 0.4) is 0 Å². The summed E-state index contributed by atoms with van der Waals surface area (Å²) in [5.41, 5.74) is 0. The van der Waals surface area contributed by atoms with E-state index < -0.39 is 16.1 Å². The van der Waals surface area contributed by atoms with E-state index in [4.69, 9.17) is 0 Å². The van der Waals surface area contributed by atoms with Crippen LogP contribution in [0.25, 0.3) is 0 Å². The predicted octanol–water partition coefficient (Wildman–Crippen LogP) is 7.58. The maximum Gasteiger partial charge on any atom is 0.0565 e. The van der Waals surface area contributed by atoms with E-state index in [1.165, 1.54) is 56.3 Å². The summed E-state index contributed by atoms with van der Waals surface area (Å²) in [7, 11) is -2.02. The third-order valence-corrected chi connectivity index (χ3v) is 10.4. The second kappa shape index (κ2) is 13.8. The van der Waals surface area contributed by atoms with Crippen molar-refractivity contribution in [1.29, 1.82) is 0 Å².